The van der Waals surface area contributed by atoms with Crippen LogP contribution in [0.25, 0.3) is 0 Å². The number of hydrogen-bond acceptors (Lipinski definition) is 4. The molecule has 1 rings (SSSR count). The summed E-state index contributed by atoms with van der Waals surface area (Å²) in [6.07, 6.45) is -0.893. The minimum Gasteiger partial charge on any atom is -0.355 e. The van der Waals surface area contributed by atoms with E-state index >= 15 is 0 Å². The molecule has 0 amide bonds. The fourth-order valence-electron chi connectivity index (χ4n) is 1.86. The average Bonchev–Trinajstić information content (AvgIpc) is 2.75. The zero-order valence-corrected chi connectivity index (χ0v) is 10.7. The summed E-state index contributed by atoms with van der Waals surface area (Å²) in [4.78, 5) is 0. The lowest BCUT2D eigenvalue weighted by molar-refractivity contribution is -0.148. The van der Waals surface area contributed by atoms with Gasteiger partial charge in [-0.3, -0.25) is 0 Å². The van der Waals surface area contributed by atoms with E-state index in [9.17, 15) is 0 Å². The number of alkyl halides is 2. The maximum absolute atomic E-state index is 6.12. The number of rotatable bonds is 6. The molecule has 1 fully saturated rings. The van der Waals surface area contributed by atoms with Gasteiger partial charge in [0.05, 0.1) is 11.8 Å². The molecule has 0 bridgehead atoms. The molecule has 2 unspecified atom stereocenters. The lowest BCUT2D eigenvalue weighted by Gasteiger charge is -2.15. The van der Waals surface area contributed by atoms with Crippen LogP contribution in [0.3, 0.4) is 0 Å². The van der Waals surface area contributed by atoms with Gasteiger partial charge in [0.1, 0.15) is 4.33 Å². The van der Waals surface area contributed by atoms with Crippen molar-refractivity contribution in [3.63, 3.8) is 0 Å². The Bertz CT molecular complexity index is 184. The predicted molar refractivity (Wildman–Crippen MR) is 57.0 cm³/mol. The SMILES string of the molecule is COC(OC)C1C(C(OC)OC)C1(Cl)Cl. The molecule has 1 aliphatic carbocycles. The molecule has 0 radical (unpaired) electrons. The van der Waals surface area contributed by atoms with E-state index < -0.39 is 16.9 Å². The number of halogens is 2. The Morgan fingerprint density at radius 1 is 0.800 bits per heavy atom. The van der Waals surface area contributed by atoms with Crippen LogP contribution in [0.2, 0.25) is 0 Å². The molecule has 0 aliphatic heterocycles. The second kappa shape index (κ2) is 5.17. The van der Waals surface area contributed by atoms with Gasteiger partial charge in [-0.25, -0.2) is 0 Å². The Hall–Kier alpha value is 0.420. The van der Waals surface area contributed by atoms with Crippen molar-refractivity contribution in [3.05, 3.63) is 0 Å². The van der Waals surface area contributed by atoms with Crippen molar-refractivity contribution in [1.29, 1.82) is 0 Å². The maximum atomic E-state index is 6.12. The molecule has 0 N–H and O–H groups in total. The molecule has 1 saturated carbocycles. The normalized spacial score (nSPS) is 28.8. The van der Waals surface area contributed by atoms with E-state index in [0.717, 1.165) is 0 Å². The van der Waals surface area contributed by atoms with Crippen LogP contribution in [0.5, 0.6) is 0 Å². The summed E-state index contributed by atoms with van der Waals surface area (Å²) in [5, 5.41) is 0. The molecular formula is C9H16Cl2O4. The van der Waals surface area contributed by atoms with Gasteiger partial charge in [0.2, 0.25) is 0 Å². The molecule has 0 aromatic carbocycles. The van der Waals surface area contributed by atoms with Crippen LogP contribution in [0.4, 0.5) is 0 Å². The smallest absolute Gasteiger partial charge is 0.163 e. The second-order valence-corrected chi connectivity index (χ2v) is 4.85. The Balaban J connectivity index is 2.68. The van der Waals surface area contributed by atoms with Crippen LogP contribution < -0.4 is 0 Å². The number of hydrogen-bond donors (Lipinski definition) is 0. The van der Waals surface area contributed by atoms with Gasteiger partial charge in [0, 0.05) is 28.4 Å². The highest BCUT2D eigenvalue weighted by Crippen LogP contribution is 2.63. The molecule has 2 atom stereocenters. The molecular weight excluding hydrogens is 243 g/mol. The van der Waals surface area contributed by atoms with E-state index in [1.807, 2.05) is 0 Å². The number of methoxy groups -OCH3 is 4. The minimum atomic E-state index is -0.923. The maximum Gasteiger partial charge on any atom is 0.163 e. The summed E-state index contributed by atoms with van der Waals surface area (Å²) in [5.41, 5.74) is 0. The molecule has 0 saturated heterocycles. The second-order valence-electron chi connectivity index (χ2n) is 3.41. The third kappa shape index (κ3) is 2.40. The largest absolute Gasteiger partial charge is 0.355 e. The van der Waals surface area contributed by atoms with Gasteiger partial charge < -0.3 is 18.9 Å². The van der Waals surface area contributed by atoms with Crippen molar-refractivity contribution in [3.8, 4) is 0 Å². The predicted octanol–water partition coefficient (Wildman–Crippen LogP) is 1.64. The van der Waals surface area contributed by atoms with Crippen molar-refractivity contribution in [2.75, 3.05) is 28.4 Å². The molecule has 90 valence electrons. The van der Waals surface area contributed by atoms with Crippen LogP contribution in [0, 0.1) is 11.8 Å². The third-order valence-electron chi connectivity index (χ3n) is 2.68. The van der Waals surface area contributed by atoms with Crippen LogP contribution in [-0.4, -0.2) is 45.4 Å². The molecule has 15 heavy (non-hydrogen) atoms. The van der Waals surface area contributed by atoms with E-state index in [-0.39, 0.29) is 11.8 Å². The van der Waals surface area contributed by atoms with Gasteiger partial charge in [0.15, 0.2) is 12.6 Å². The molecule has 0 aromatic heterocycles. The Morgan fingerprint density at radius 3 is 1.27 bits per heavy atom. The zero-order chi connectivity index (χ0) is 11.6. The van der Waals surface area contributed by atoms with E-state index in [4.69, 9.17) is 42.1 Å². The first kappa shape index (κ1) is 13.5. The van der Waals surface area contributed by atoms with E-state index in [1.54, 1.807) is 28.4 Å². The van der Waals surface area contributed by atoms with Crippen molar-refractivity contribution >= 4 is 23.2 Å². The van der Waals surface area contributed by atoms with Gasteiger partial charge in [-0.1, -0.05) is 0 Å². The molecule has 0 spiro atoms. The average molecular weight is 259 g/mol. The van der Waals surface area contributed by atoms with E-state index in [0.29, 0.717) is 0 Å². The van der Waals surface area contributed by atoms with Gasteiger partial charge in [-0.15, -0.1) is 23.2 Å². The molecule has 0 aromatic rings. The summed E-state index contributed by atoms with van der Waals surface area (Å²) >= 11 is 12.2. The van der Waals surface area contributed by atoms with Crippen LogP contribution >= 0.6 is 23.2 Å². The topological polar surface area (TPSA) is 36.9 Å². The molecule has 4 nitrogen and oxygen atoms in total. The van der Waals surface area contributed by atoms with Crippen molar-refractivity contribution in [1.82, 2.24) is 0 Å². The Morgan fingerprint density at radius 2 is 1.07 bits per heavy atom. The quantitative estimate of drug-likeness (QED) is 0.537. The Kier molecular flexibility index (Phi) is 4.64. The van der Waals surface area contributed by atoms with Gasteiger partial charge in [-0.05, 0) is 0 Å². The van der Waals surface area contributed by atoms with Gasteiger partial charge in [-0.2, -0.15) is 0 Å². The molecule has 1 aliphatic rings. The van der Waals surface area contributed by atoms with Crippen molar-refractivity contribution in [2.24, 2.45) is 11.8 Å². The Labute approximate surface area is 99.7 Å². The van der Waals surface area contributed by atoms with Crippen LogP contribution in [0.15, 0.2) is 0 Å². The van der Waals surface area contributed by atoms with Crippen molar-refractivity contribution in [2.45, 2.75) is 16.9 Å². The standard InChI is InChI=1S/C9H16Cl2O4/c1-12-7(13-2)5-6(9(5,10)11)8(14-3)15-4/h5-8H,1-4H3. The van der Waals surface area contributed by atoms with Crippen LogP contribution in [0.1, 0.15) is 0 Å². The summed E-state index contributed by atoms with van der Waals surface area (Å²) < 4.78 is 19.6. The monoisotopic (exact) mass is 258 g/mol. The first-order valence-electron chi connectivity index (χ1n) is 4.53. The minimum absolute atomic E-state index is 0.152. The fourth-order valence-corrected chi connectivity index (χ4v) is 2.68. The fraction of sp³-hybridized carbons (Fsp3) is 1.00. The molecule has 0 heterocycles. The third-order valence-corrected chi connectivity index (χ3v) is 3.69. The number of ether oxygens (including phenoxy) is 4. The van der Waals surface area contributed by atoms with Gasteiger partial charge >= 0.3 is 0 Å². The summed E-state index contributed by atoms with van der Waals surface area (Å²) in [5.74, 6) is -0.304. The van der Waals surface area contributed by atoms with E-state index in [2.05, 4.69) is 0 Å². The first-order chi connectivity index (χ1) is 7.04. The lowest BCUT2D eigenvalue weighted by atomic mass is 10.3. The molecule has 6 heteroatoms. The van der Waals surface area contributed by atoms with Gasteiger partial charge in [0.25, 0.3) is 0 Å². The summed E-state index contributed by atoms with van der Waals surface area (Å²) in [6.45, 7) is 0. The highest BCUT2D eigenvalue weighted by atomic mass is 35.5. The lowest BCUT2D eigenvalue weighted by Crippen LogP contribution is -2.22. The first-order valence-corrected chi connectivity index (χ1v) is 5.29. The summed E-state index contributed by atoms with van der Waals surface area (Å²) in [6, 6.07) is 0. The van der Waals surface area contributed by atoms with Crippen molar-refractivity contribution < 1.29 is 18.9 Å². The zero-order valence-electron chi connectivity index (χ0n) is 9.20. The summed E-state index contributed by atoms with van der Waals surface area (Å²) in [7, 11) is 6.17. The highest BCUT2D eigenvalue weighted by Gasteiger charge is 2.70. The van der Waals surface area contributed by atoms with Crippen LogP contribution in [-0.2, 0) is 18.9 Å². The van der Waals surface area contributed by atoms with E-state index in [1.165, 1.54) is 0 Å². The highest BCUT2D eigenvalue weighted by molar-refractivity contribution is 6.51.